The van der Waals surface area contributed by atoms with Crippen molar-refractivity contribution in [3.8, 4) is 5.75 Å². The van der Waals surface area contributed by atoms with Crippen LogP contribution in [0.3, 0.4) is 0 Å². The minimum atomic E-state index is -0.0247. The Kier molecular flexibility index (Phi) is 3.93. The molecule has 0 radical (unpaired) electrons. The molecule has 0 spiro atoms. The largest absolute Gasteiger partial charge is 0.508 e. The van der Waals surface area contributed by atoms with Crippen LogP contribution >= 0.6 is 0 Å². The topological polar surface area (TPSA) is 40.5 Å². The fourth-order valence-corrected chi connectivity index (χ4v) is 6.81. The summed E-state index contributed by atoms with van der Waals surface area (Å²) in [7, 11) is 0. The molecule has 4 atom stereocenters. The predicted molar refractivity (Wildman–Crippen MR) is 102 cm³/mol. The number of carbonyl (C=O) groups excluding carboxylic acids is 1. The number of rotatable bonds is 3. The molecular weight excluding hydrogens is 322 g/mol. The molecule has 3 aliphatic carbocycles. The summed E-state index contributed by atoms with van der Waals surface area (Å²) in [6.45, 7) is 4.65. The fourth-order valence-electron chi connectivity index (χ4n) is 6.81. The molecule has 4 aliphatic rings. The Morgan fingerprint density at radius 2 is 2.12 bits per heavy atom. The Morgan fingerprint density at radius 1 is 1.27 bits per heavy atom. The van der Waals surface area contributed by atoms with Gasteiger partial charge in [-0.15, -0.1) is 0 Å². The monoisotopic (exact) mass is 353 g/mol. The second-order valence-electron chi connectivity index (χ2n) is 9.42. The lowest BCUT2D eigenvalue weighted by atomic mass is 9.49. The molecule has 140 valence electrons. The highest BCUT2D eigenvalue weighted by atomic mass is 16.3. The van der Waals surface area contributed by atoms with Gasteiger partial charge < -0.3 is 5.11 Å². The Balaban J connectivity index is 1.59. The normalized spacial score (nSPS) is 37.0. The number of Topliss-reactive ketones (excluding diaryl/α,β-unsaturated/α-hetero) is 1. The molecule has 3 heteroatoms. The Hall–Kier alpha value is -1.35. The number of ketones is 1. The van der Waals surface area contributed by atoms with Crippen molar-refractivity contribution in [1.29, 1.82) is 0 Å². The second kappa shape index (κ2) is 6.09. The number of aromatic hydroxyl groups is 1. The van der Waals surface area contributed by atoms with Crippen LogP contribution in [-0.2, 0) is 16.6 Å². The number of phenolic OH excluding ortho intramolecular Hbond substituents is 1. The molecule has 26 heavy (non-hydrogen) atoms. The van der Waals surface area contributed by atoms with Crippen LogP contribution < -0.4 is 0 Å². The molecule has 1 aliphatic heterocycles. The van der Waals surface area contributed by atoms with Gasteiger partial charge in [0.15, 0.2) is 0 Å². The third kappa shape index (κ3) is 2.39. The standard InChI is InChI=1S/C23H31NO2/c1-2-16-10-19(26)13-23-8-9-24(14-15-4-3-5-15)21(22(16)23)11-17-6-7-18(25)12-20(17)23/h6-7,12,15-16,21-22,25H,2-5,8-11,13-14H2,1H3/t16-,21?,22-,23?/m1/s1. The molecule has 1 aromatic rings. The maximum atomic E-state index is 12.7. The summed E-state index contributed by atoms with van der Waals surface area (Å²) >= 11 is 0. The molecule has 1 aromatic carbocycles. The summed E-state index contributed by atoms with van der Waals surface area (Å²) in [4.78, 5) is 15.5. The zero-order valence-electron chi connectivity index (χ0n) is 15.9. The van der Waals surface area contributed by atoms with E-state index in [1.54, 1.807) is 0 Å². The van der Waals surface area contributed by atoms with E-state index in [9.17, 15) is 9.90 Å². The van der Waals surface area contributed by atoms with Crippen molar-refractivity contribution in [3.05, 3.63) is 29.3 Å². The number of nitrogens with zero attached hydrogens (tertiary/aromatic N) is 1. The lowest BCUT2D eigenvalue weighted by Crippen LogP contribution is -2.64. The van der Waals surface area contributed by atoms with Gasteiger partial charge in [0.05, 0.1) is 0 Å². The van der Waals surface area contributed by atoms with Crippen LogP contribution in [0.1, 0.15) is 63.0 Å². The van der Waals surface area contributed by atoms with Crippen LogP contribution in [-0.4, -0.2) is 34.9 Å². The Bertz CT molecular complexity index is 725. The molecule has 1 saturated heterocycles. The number of likely N-dealkylation sites (tertiary alicyclic amines) is 1. The Labute approximate surface area is 156 Å². The summed E-state index contributed by atoms with van der Waals surface area (Å²) in [5, 5.41) is 10.2. The van der Waals surface area contributed by atoms with Crippen LogP contribution in [0.4, 0.5) is 0 Å². The summed E-state index contributed by atoms with van der Waals surface area (Å²) < 4.78 is 0. The minimum Gasteiger partial charge on any atom is -0.508 e. The first-order valence-electron chi connectivity index (χ1n) is 10.7. The number of phenols is 1. The van der Waals surface area contributed by atoms with Crippen molar-refractivity contribution in [1.82, 2.24) is 4.90 Å². The van der Waals surface area contributed by atoms with E-state index in [4.69, 9.17) is 0 Å². The van der Waals surface area contributed by atoms with Crippen LogP contribution in [0.5, 0.6) is 5.75 Å². The van der Waals surface area contributed by atoms with Gasteiger partial charge in [0, 0.05) is 30.8 Å². The summed E-state index contributed by atoms with van der Waals surface area (Å²) in [6.07, 6.45) is 8.95. The molecule has 0 amide bonds. The number of carbonyl (C=O) groups is 1. The molecule has 1 heterocycles. The van der Waals surface area contributed by atoms with Gasteiger partial charge in [-0.1, -0.05) is 25.8 Å². The molecule has 1 N–H and O–H groups in total. The van der Waals surface area contributed by atoms with Crippen molar-refractivity contribution >= 4 is 5.78 Å². The molecule has 3 nitrogen and oxygen atoms in total. The average molecular weight is 354 g/mol. The van der Waals surface area contributed by atoms with Crippen molar-refractivity contribution in [2.75, 3.05) is 13.1 Å². The Morgan fingerprint density at radius 3 is 2.85 bits per heavy atom. The van der Waals surface area contributed by atoms with E-state index in [0.717, 1.165) is 38.1 Å². The molecule has 2 unspecified atom stereocenters. The van der Waals surface area contributed by atoms with Gasteiger partial charge in [0.2, 0.25) is 0 Å². The lowest BCUT2D eigenvalue weighted by Gasteiger charge is -2.61. The molecule has 2 saturated carbocycles. The van der Waals surface area contributed by atoms with E-state index in [1.165, 1.54) is 36.9 Å². The third-order valence-corrected chi connectivity index (χ3v) is 8.18. The van der Waals surface area contributed by atoms with Gasteiger partial charge in [-0.25, -0.2) is 0 Å². The number of piperidine rings is 1. The fraction of sp³-hybridized carbons (Fsp3) is 0.696. The summed E-state index contributed by atoms with van der Waals surface area (Å²) in [6, 6.07) is 6.54. The van der Waals surface area contributed by atoms with Crippen LogP contribution in [0, 0.1) is 17.8 Å². The van der Waals surface area contributed by atoms with E-state index >= 15 is 0 Å². The molecule has 0 aromatic heterocycles. The van der Waals surface area contributed by atoms with E-state index in [0.29, 0.717) is 35.8 Å². The number of hydrogen-bond acceptors (Lipinski definition) is 3. The molecule has 2 bridgehead atoms. The quantitative estimate of drug-likeness (QED) is 0.891. The summed E-state index contributed by atoms with van der Waals surface area (Å²) in [5.41, 5.74) is 2.66. The van der Waals surface area contributed by atoms with Gasteiger partial charge in [0.1, 0.15) is 11.5 Å². The van der Waals surface area contributed by atoms with Crippen molar-refractivity contribution in [3.63, 3.8) is 0 Å². The zero-order chi connectivity index (χ0) is 17.9. The van der Waals surface area contributed by atoms with Gasteiger partial charge in [-0.3, -0.25) is 9.69 Å². The summed E-state index contributed by atoms with van der Waals surface area (Å²) in [5.74, 6) is 2.78. The maximum Gasteiger partial charge on any atom is 0.134 e. The first-order chi connectivity index (χ1) is 12.6. The van der Waals surface area contributed by atoms with Gasteiger partial charge >= 0.3 is 0 Å². The molecule has 3 fully saturated rings. The average Bonchev–Trinajstić information content (AvgIpc) is 2.59. The maximum absolute atomic E-state index is 12.7. The molecule has 5 rings (SSSR count). The van der Waals surface area contributed by atoms with Crippen molar-refractivity contribution in [2.24, 2.45) is 17.8 Å². The number of benzene rings is 1. The number of hydrogen-bond donors (Lipinski definition) is 1. The van der Waals surface area contributed by atoms with Gasteiger partial charge in [0.25, 0.3) is 0 Å². The van der Waals surface area contributed by atoms with E-state index < -0.39 is 0 Å². The van der Waals surface area contributed by atoms with Crippen LogP contribution in [0.25, 0.3) is 0 Å². The molecular formula is C23H31NO2. The van der Waals surface area contributed by atoms with Gasteiger partial charge in [-0.2, -0.15) is 0 Å². The highest BCUT2D eigenvalue weighted by Gasteiger charge is 2.58. The highest BCUT2D eigenvalue weighted by molar-refractivity contribution is 5.82. The first kappa shape index (κ1) is 16.8. The van der Waals surface area contributed by atoms with Crippen molar-refractivity contribution < 1.29 is 9.90 Å². The SMILES string of the molecule is CC[C@@H]1CC(=O)CC23CCN(CC4CCC4)C(Cc4ccc(O)cc42)[C@@H]13. The third-order valence-electron chi connectivity index (χ3n) is 8.18. The van der Waals surface area contributed by atoms with E-state index in [-0.39, 0.29) is 5.41 Å². The van der Waals surface area contributed by atoms with Crippen LogP contribution in [0.2, 0.25) is 0 Å². The van der Waals surface area contributed by atoms with E-state index in [2.05, 4.69) is 17.9 Å². The van der Waals surface area contributed by atoms with Crippen molar-refractivity contribution in [2.45, 2.75) is 69.7 Å². The highest BCUT2D eigenvalue weighted by Crippen LogP contribution is 2.58. The smallest absolute Gasteiger partial charge is 0.134 e. The second-order valence-corrected chi connectivity index (χ2v) is 9.42. The first-order valence-corrected chi connectivity index (χ1v) is 10.7. The van der Waals surface area contributed by atoms with E-state index in [1.807, 2.05) is 12.1 Å². The lowest BCUT2D eigenvalue weighted by molar-refractivity contribution is -0.132. The van der Waals surface area contributed by atoms with Crippen LogP contribution in [0.15, 0.2) is 18.2 Å². The predicted octanol–water partition coefficient (Wildman–Crippen LogP) is 4.07. The zero-order valence-corrected chi connectivity index (χ0v) is 15.9. The van der Waals surface area contributed by atoms with Gasteiger partial charge in [-0.05, 0) is 73.2 Å². The minimum absolute atomic E-state index is 0.0247. The number of fused-ring (bicyclic) bond motifs is 1.